The van der Waals surface area contributed by atoms with Crippen molar-refractivity contribution in [1.82, 2.24) is 9.21 Å². The third kappa shape index (κ3) is 4.16. The summed E-state index contributed by atoms with van der Waals surface area (Å²) in [4.78, 5) is 2.18. The summed E-state index contributed by atoms with van der Waals surface area (Å²) in [6.07, 6.45) is 4.88. The van der Waals surface area contributed by atoms with Gasteiger partial charge in [0.25, 0.3) is 0 Å². The van der Waals surface area contributed by atoms with Gasteiger partial charge in [0.2, 0.25) is 10.0 Å². The molecule has 0 radical (unpaired) electrons. The summed E-state index contributed by atoms with van der Waals surface area (Å²) < 4.78 is 26.0. The Morgan fingerprint density at radius 2 is 1.68 bits per heavy atom. The second-order valence-corrected chi connectivity index (χ2v) is 7.61. The number of likely N-dealkylation sites (tertiary alicyclic amines) is 1. The lowest BCUT2D eigenvalue weighted by molar-refractivity contribution is 0.215. The Hall–Kier alpha value is -0.640. The van der Waals surface area contributed by atoms with E-state index in [0.29, 0.717) is 19.6 Å². The highest BCUT2D eigenvalue weighted by atomic mass is 32.2. The summed E-state index contributed by atoms with van der Waals surface area (Å²) in [6, 6.07) is 2.30. The van der Waals surface area contributed by atoms with Gasteiger partial charge in [-0.1, -0.05) is 6.42 Å². The zero-order valence-corrected chi connectivity index (χ0v) is 12.2. The van der Waals surface area contributed by atoms with E-state index in [9.17, 15) is 8.42 Å². The summed E-state index contributed by atoms with van der Waals surface area (Å²) >= 11 is 0. The van der Waals surface area contributed by atoms with E-state index in [4.69, 9.17) is 5.26 Å². The Bertz CT molecular complexity index is 416. The van der Waals surface area contributed by atoms with Gasteiger partial charge in [-0.3, -0.25) is 0 Å². The number of sulfonamides is 1. The molecule has 0 aliphatic carbocycles. The molecule has 0 aromatic carbocycles. The van der Waals surface area contributed by atoms with Crippen LogP contribution in [0.2, 0.25) is 0 Å². The van der Waals surface area contributed by atoms with Gasteiger partial charge >= 0.3 is 0 Å². The third-order valence-electron chi connectivity index (χ3n) is 4.14. The minimum absolute atomic E-state index is 0.162. The molecule has 0 aromatic rings. The van der Waals surface area contributed by atoms with Gasteiger partial charge in [-0.15, -0.1) is 0 Å². The minimum atomic E-state index is -3.08. The first-order valence-electron chi connectivity index (χ1n) is 7.21. The molecule has 0 saturated carbocycles. The van der Waals surface area contributed by atoms with Crippen LogP contribution in [0.15, 0.2) is 0 Å². The maximum atomic E-state index is 12.2. The molecule has 2 fully saturated rings. The highest BCUT2D eigenvalue weighted by Gasteiger charge is 2.25. The van der Waals surface area contributed by atoms with E-state index < -0.39 is 10.0 Å². The zero-order valence-electron chi connectivity index (χ0n) is 11.4. The fourth-order valence-electron chi connectivity index (χ4n) is 2.80. The van der Waals surface area contributed by atoms with Crippen molar-refractivity contribution in [2.75, 3.05) is 38.5 Å². The van der Waals surface area contributed by atoms with Crippen molar-refractivity contribution < 1.29 is 8.42 Å². The van der Waals surface area contributed by atoms with Crippen LogP contribution in [0, 0.1) is 17.2 Å². The average Bonchev–Trinajstić information content (AvgIpc) is 2.47. The van der Waals surface area contributed by atoms with E-state index in [1.165, 1.54) is 0 Å². The van der Waals surface area contributed by atoms with E-state index in [-0.39, 0.29) is 11.7 Å². The van der Waals surface area contributed by atoms with Crippen molar-refractivity contribution in [3.8, 4) is 6.07 Å². The molecule has 2 heterocycles. The van der Waals surface area contributed by atoms with Crippen molar-refractivity contribution in [2.45, 2.75) is 32.1 Å². The molecule has 6 heteroatoms. The van der Waals surface area contributed by atoms with Crippen LogP contribution >= 0.6 is 0 Å². The van der Waals surface area contributed by atoms with Gasteiger partial charge in [0.15, 0.2) is 0 Å². The monoisotopic (exact) mass is 285 g/mol. The number of nitriles is 1. The molecule has 0 aromatic heterocycles. The summed E-state index contributed by atoms with van der Waals surface area (Å²) in [5.41, 5.74) is 0. The molecule has 0 bridgehead atoms. The first-order chi connectivity index (χ1) is 9.12. The molecule has 2 aliphatic rings. The second-order valence-electron chi connectivity index (χ2n) is 5.52. The van der Waals surface area contributed by atoms with Crippen molar-refractivity contribution in [3.63, 3.8) is 0 Å². The van der Waals surface area contributed by atoms with E-state index in [1.54, 1.807) is 4.31 Å². The molecule has 0 atom stereocenters. The first kappa shape index (κ1) is 14.8. The van der Waals surface area contributed by atoms with Gasteiger partial charge < -0.3 is 4.90 Å². The Morgan fingerprint density at radius 3 is 2.26 bits per heavy atom. The van der Waals surface area contributed by atoms with Crippen LogP contribution in [-0.4, -0.2) is 56.1 Å². The zero-order chi connectivity index (χ0) is 13.7. The number of rotatable bonds is 4. The molecule has 2 rings (SSSR count). The van der Waals surface area contributed by atoms with Crippen LogP contribution in [-0.2, 0) is 10.0 Å². The predicted octanol–water partition coefficient (Wildman–Crippen LogP) is 1.04. The van der Waals surface area contributed by atoms with Gasteiger partial charge in [0, 0.05) is 25.6 Å². The van der Waals surface area contributed by atoms with Crippen molar-refractivity contribution in [3.05, 3.63) is 0 Å². The maximum absolute atomic E-state index is 12.2. The summed E-state index contributed by atoms with van der Waals surface area (Å²) in [5, 5.41) is 8.84. The fourth-order valence-corrected chi connectivity index (χ4v) is 4.36. The van der Waals surface area contributed by atoms with E-state index in [2.05, 4.69) is 11.0 Å². The number of piperidine rings is 2. The molecule has 19 heavy (non-hydrogen) atoms. The molecule has 5 nitrogen and oxygen atoms in total. The lowest BCUT2D eigenvalue weighted by Crippen LogP contribution is -2.42. The van der Waals surface area contributed by atoms with Crippen LogP contribution < -0.4 is 0 Å². The standard InChI is InChI=1S/C13H23N3O2S/c14-12-13-4-8-15(9-5-13)10-11-19(17,18)16-6-2-1-3-7-16/h13H,1-11H2. The number of nitrogens with zero attached hydrogens (tertiary/aromatic N) is 3. The molecule has 108 valence electrons. The average molecular weight is 285 g/mol. The third-order valence-corrected chi connectivity index (χ3v) is 5.99. The molecular weight excluding hydrogens is 262 g/mol. The molecule has 0 amide bonds. The van der Waals surface area contributed by atoms with Crippen LogP contribution in [0.1, 0.15) is 32.1 Å². The minimum Gasteiger partial charge on any atom is -0.302 e. The highest BCUT2D eigenvalue weighted by Crippen LogP contribution is 2.17. The second kappa shape index (κ2) is 6.69. The fraction of sp³-hybridized carbons (Fsp3) is 0.923. The maximum Gasteiger partial charge on any atom is 0.215 e. The molecule has 0 unspecified atom stereocenters. The van der Waals surface area contributed by atoms with Gasteiger partial charge in [-0.05, 0) is 38.8 Å². The van der Waals surface area contributed by atoms with Crippen LogP contribution in [0.5, 0.6) is 0 Å². The summed E-state index contributed by atoms with van der Waals surface area (Å²) in [6.45, 7) is 3.70. The normalized spacial score (nSPS) is 24.2. The molecule has 2 saturated heterocycles. The number of hydrogen-bond acceptors (Lipinski definition) is 4. The smallest absolute Gasteiger partial charge is 0.215 e. The number of hydrogen-bond donors (Lipinski definition) is 0. The topological polar surface area (TPSA) is 64.4 Å². The van der Waals surface area contributed by atoms with Crippen molar-refractivity contribution in [2.24, 2.45) is 5.92 Å². The van der Waals surface area contributed by atoms with Gasteiger partial charge in [-0.2, -0.15) is 5.26 Å². The van der Waals surface area contributed by atoms with Gasteiger partial charge in [-0.25, -0.2) is 12.7 Å². The van der Waals surface area contributed by atoms with Crippen LogP contribution in [0.3, 0.4) is 0 Å². The quantitative estimate of drug-likeness (QED) is 0.774. The first-order valence-corrected chi connectivity index (χ1v) is 8.82. The van der Waals surface area contributed by atoms with Crippen molar-refractivity contribution in [1.29, 1.82) is 5.26 Å². The van der Waals surface area contributed by atoms with E-state index in [1.807, 2.05) is 0 Å². The predicted molar refractivity (Wildman–Crippen MR) is 74.0 cm³/mol. The molecular formula is C13H23N3O2S. The highest BCUT2D eigenvalue weighted by molar-refractivity contribution is 7.89. The van der Waals surface area contributed by atoms with Gasteiger partial charge in [0.05, 0.1) is 11.8 Å². The lowest BCUT2D eigenvalue weighted by atomic mass is 9.99. The molecule has 2 aliphatic heterocycles. The van der Waals surface area contributed by atoms with Crippen molar-refractivity contribution >= 4 is 10.0 Å². The van der Waals surface area contributed by atoms with Gasteiger partial charge in [0.1, 0.15) is 0 Å². The Balaban J connectivity index is 1.77. The molecule has 0 spiro atoms. The largest absolute Gasteiger partial charge is 0.302 e. The van der Waals surface area contributed by atoms with Crippen LogP contribution in [0.25, 0.3) is 0 Å². The Kier molecular flexibility index (Phi) is 5.20. The van der Waals surface area contributed by atoms with E-state index in [0.717, 1.165) is 45.2 Å². The summed E-state index contributed by atoms with van der Waals surface area (Å²) in [5.74, 6) is 0.388. The Morgan fingerprint density at radius 1 is 1.05 bits per heavy atom. The lowest BCUT2D eigenvalue weighted by Gasteiger charge is -2.30. The SMILES string of the molecule is N#CC1CCN(CCS(=O)(=O)N2CCCCC2)CC1. The Labute approximate surface area is 116 Å². The van der Waals surface area contributed by atoms with E-state index >= 15 is 0 Å². The molecule has 0 N–H and O–H groups in total. The van der Waals surface area contributed by atoms with Crippen LogP contribution in [0.4, 0.5) is 0 Å². The summed E-state index contributed by atoms with van der Waals surface area (Å²) in [7, 11) is -3.08.